The molecule has 4 rings (SSSR count). The van der Waals surface area contributed by atoms with Crippen molar-refractivity contribution < 1.29 is 18.6 Å². The van der Waals surface area contributed by atoms with Crippen LogP contribution < -0.4 is 14.2 Å². The maximum Gasteiger partial charge on any atom is 0.226 e. The Balaban J connectivity index is 1.32. The van der Waals surface area contributed by atoms with Gasteiger partial charge in [0.05, 0.1) is 6.61 Å². The molecule has 5 heteroatoms. The van der Waals surface area contributed by atoms with E-state index in [1.54, 1.807) is 0 Å². The van der Waals surface area contributed by atoms with E-state index < -0.39 is 0 Å². The van der Waals surface area contributed by atoms with Crippen molar-refractivity contribution in [3.05, 3.63) is 95.4 Å². The molecule has 0 aliphatic heterocycles. The molecule has 0 unspecified atom stereocenters. The molecule has 33 heavy (non-hydrogen) atoms. The molecule has 0 saturated heterocycles. The molecule has 170 valence electrons. The minimum Gasteiger partial charge on any atom is -0.493 e. The maximum absolute atomic E-state index is 5.98. The molecule has 0 radical (unpaired) electrons. The Morgan fingerprint density at radius 3 is 2.18 bits per heavy atom. The Labute approximate surface area is 195 Å². The zero-order chi connectivity index (χ0) is 23.0. The Hall–Kier alpha value is -3.73. The summed E-state index contributed by atoms with van der Waals surface area (Å²) in [5, 5.41) is 0. The Kier molecular flexibility index (Phi) is 7.30. The van der Waals surface area contributed by atoms with E-state index in [9.17, 15) is 0 Å². The summed E-state index contributed by atoms with van der Waals surface area (Å²) in [5.74, 6) is 3.79. The van der Waals surface area contributed by atoms with Gasteiger partial charge < -0.3 is 18.6 Å². The predicted octanol–water partition coefficient (Wildman–Crippen LogP) is 6.91. The smallest absolute Gasteiger partial charge is 0.226 e. The Morgan fingerprint density at radius 2 is 1.45 bits per heavy atom. The second-order valence-electron chi connectivity index (χ2n) is 7.94. The van der Waals surface area contributed by atoms with E-state index in [0.29, 0.717) is 25.7 Å². The first-order valence-corrected chi connectivity index (χ1v) is 11.2. The van der Waals surface area contributed by atoms with Gasteiger partial charge in [0.25, 0.3) is 0 Å². The van der Waals surface area contributed by atoms with Gasteiger partial charge in [-0.15, -0.1) is 0 Å². The van der Waals surface area contributed by atoms with E-state index in [4.69, 9.17) is 18.6 Å². The number of ether oxygens (including phenoxy) is 3. The molecule has 4 aromatic rings. The van der Waals surface area contributed by atoms with E-state index in [1.807, 2.05) is 86.6 Å². The molecule has 0 atom stereocenters. The average molecular weight is 444 g/mol. The van der Waals surface area contributed by atoms with E-state index in [2.05, 4.69) is 11.9 Å². The summed E-state index contributed by atoms with van der Waals surface area (Å²) in [7, 11) is 0. The van der Waals surface area contributed by atoms with Crippen molar-refractivity contribution in [1.29, 1.82) is 0 Å². The summed E-state index contributed by atoms with van der Waals surface area (Å²) >= 11 is 0. The number of benzene rings is 3. The molecule has 0 saturated carbocycles. The van der Waals surface area contributed by atoms with Crippen molar-refractivity contribution in [2.24, 2.45) is 0 Å². The van der Waals surface area contributed by atoms with Gasteiger partial charge in [0.1, 0.15) is 41.9 Å². The van der Waals surface area contributed by atoms with E-state index in [0.717, 1.165) is 51.8 Å². The maximum atomic E-state index is 5.98. The topological polar surface area (TPSA) is 53.7 Å². The fraction of sp³-hybridized carbons (Fsp3) is 0.250. The lowest BCUT2D eigenvalue weighted by atomic mass is 10.2. The van der Waals surface area contributed by atoms with Crippen LogP contribution in [-0.4, -0.2) is 11.6 Å². The van der Waals surface area contributed by atoms with Crippen LogP contribution in [0.2, 0.25) is 0 Å². The Bertz CT molecular complexity index is 1170. The van der Waals surface area contributed by atoms with Crippen LogP contribution in [0.15, 0.2) is 77.2 Å². The van der Waals surface area contributed by atoms with Gasteiger partial charge in [0.2, 0.25) is 5.89 Å². The molecule has 5 nitrogen and oxygen atoms in total. The highest BCUT2D eigenvalue weighted by Crippen LogP contribution is 2.25. The standard InChI is InChI=1S/C28H29NO4/c1-4-14-30-25-15-20(2)16-26(17-25)31-18-22-10-12-24(13-11-22)32-19-27-21(3)33-28(29-27)23-8-6-5-7-9-23/h5-13,15-17H,4,14,18-19H2,1-3H3. The van der Waals surface area contributed by atoms with Crippen LogP contribution in [0.4, 0.5) is 0 Å². The van der Waals surface area contributed by atoms with Gasteiger partial charge in [-0.2, -0.15) is 0 Å². The van der Waals surface area contributed by atoms with Gasteiger partial charge in [0.15, 0.2) is 0 Å². The van der Waals surface area contributed by atoms with Crippen LogP contribution in [0.5, 0.6) is 17.2 Å². The number of hydrogen-bond acceptors (Lipinski definition) is 5. The lowest BCUT2D eigenvalue weighted by Gasteiger charge is -2.11. The predicted molar refractivity (Wildman–Crippen MR) is 129 cm³/mol. The molecule has 0 N–H and O–H groups in total. The molecule has 0 aliphatic carbocycles. The summed E-state index contributed by atoms with van der Waals surface area (Å²) in [4.78, 5) is 4.59. The number of hydrogen-bond donors (Lipinski definition) is 0. The van der Waals surface area contributed by atoms with Crippen LogP contribution >= 0.6 is 0 Å². The van der Waals surface area contributed by atoms with Crippen LogP contribution in [0.1, 0.15) is 35.9 Å². The first-order valence-electron chi connectivity index (χ1n) is 11.2. The highest BCUT2D eigenvalue weighted by molar-refractivity contribution is 5.53. The molecule has 0 spiro atoms. The fourth-order valence-electron chi connectivity index (χ4n) is 3.37. The molecular formula is C28H29NO4. The monoisotopic (exact) mass is 443 g/mol. The van der Waals surface area contributed by atoms with Crippen LogP contribution in [0.25, 0.3) is 11.5 Å². The van der Waals surface area contributed by atoms with Crippen LogP contribution in [0.3, 0.4) is 0 Å². The molecule has 0 fully saturated rings. The van der Waals surface area contributed by atoms with Gasteiger partial charge in [-0.3, -0.25) is 0 Å². The van der Waals surface area contributed by atoms with Crippen molar-refractivity contribution in [3.8, 4) is 28.7 Å². The zero-order valence-corrected chi connectivity index (χ0v) is 19.3. The van der Waals surface area contributed by atoms with Gasteiger partial charge in [-0.05, 0) is 67.8 Å². The quantitative estimate of drug-likeness (QED) is 0.267. The lowest BCUT2D eigenvalue weighted by Crippen LogP contribution is -2.00. The third-order valence-corrected chi connectivity index (χ3v) is 5.12. The highest BCUT2D eigenvalue weighted by Gasteiger charge is 2.12. The molecular weight excluding hydrogens is 414 g/mol. The number of aryl methyl sites for hydroxylation is 2. The molecule has 1 heterocycles. The highest BCUT2D eigenvalue weighted by atomic mass is 16.5. The summed E-state index contributed by atoms with van der Waals surface area (Å²) in [6.45, 7) is 7.56. The SMILES string of the molecule is CCCOc1cc(C)cc(OCc2ccc(OCc3nc(-c4ccccc4)oc3C)cc2)c1. The number of aromatic nitrogens is 1. The largest absolute Gasteiger partial charge is 0.493 e. The van der Waals surface area contributed by atoms with Crippen molar-refractivity contribution in [3.63, 3.8) is 0 Å². The van der Waals surface area contributed by atoms with Crippen LogP contribution in [0, 0.1) is 13.8 Å². The molecule has 3 aromatic carbocycles. The van der Waals surface area contributed by atoms with Gasteiger partial charge in [-0.25, -0.2) is 4.98 Å². The minimum absolute atomic E-state index is 0.349. The minimum atomic E-state index is 0.349. The summed E-state index contributed by atoms with van der Waals surface area (Å²) in [6.07, 6.45) is 0.975. The first-order chi connectivity index (χ1) is 16.1. The van der Waals surface area contributed by atoms with Crippen molar-refractivity contribution >= 4 is 0 Å². The fourth-order valence-corrected chi connectivity index (χ4v) is 3.37. The van der Waals surface area contributed by atoms with Crippen molar-refractivity contribution in [2.45, 2.75) is 40.4 Å². The van der Waals surface area contributed by atoms with E-state index in [1.165, 1.54) is 0 Å². The number of nitrogens with zero attached hydrogens (tertiary/aromatic N) is 1. The normalized spacial score (nSPS) is 10.8. The third kappa shape index (κ3) is 6.16. The third-order valence-electron chi connectivity index (χ3n) is 5.12. The summed E-state index contributed by atoms with van der Waals surface area (Å²) in [6, 6.07) is 23.7. The number of rotatable bonds is 10. The molecule has 0 bridgehead atoms. The van der Waals surface area contributed by atoms with Crippen LogP contribution in [-0.2, 0) is 13.2 Å². The van der Waals surface area contributed by atoms with Crippen molar-refractivity contribution in [1.82, 2.24) is 4.98 Å². The zero-order valence-electron chi connectivity index (χ0n) is 19.3. The molecule has 0 amide bonds. The second-order valence-corrected chi connectivity index (χ2v) is 7.94. The lowest BCUT2D eigenvalue weighted by molar-refractivity contribution is 0.292. The number of oxazole rings is 1. The van der Waals surface area contributed by atoms with E-state index in [-0.39, 0.29) is 0 Å². The average Bonchev–Trinajstić information content (AvgIpc) is 3.21. The molecule has 1 aromatic heterocycles. The van der Waals surface area contributed by atoms with Gasteiger partial charge >= 0.3 is 0 Å². The summed E-state index contributed by atoms with van der Waals surface area (Å²) < 4.78 is 23.4. The molecule has 0 aliphatic rings. The Morgan fingerprint density at radius 1 is 0.758 bits per heavy atom. The van der Waals surface area contributed by atoms with Gasteiger partial charge in [-0.1, -0.05) is 37.3 Å². The van der Waals surface area contributed by atoms with E-state index >= 15 is 0 Å². The summed E-state index contributed by atoms with van der Waals surface area (Å²) in [5.41, 5.74) is 3.92. The van der Waals surface area contributed by atoms with Crippen molar-refractivity contribution in [2.75, 3.05) is 6.61 Å². The van der Waals surface area contributed by atoms with Gasteiger partial charge in [0, 0.05) is 11.6 Å². The first kappa shape index (κ1) is 22.5. The second kappa shape index (κ2) is 10.7.